The van der Waals surface area contributed by atoms with Crippen molar-refractivity contribution in [2.45, 2.75) is 24.0 Å². The molecule has 2 amide bonds. The molecule has 5 aromatic rings. The van der Waals surface area contributed by atoms with E-state index in [0.717, 1.165) is 27.3 Å². The number of aryl methyl sites for hydroxylation is 2. The van der Waals surface area contributed by atoms with Crippen molar-refractivity contribution in [2.75, 3.05) is 10.6 Å². The fourth-order valence-electron chi connectivity index (χ4n) is 4.00. The van der Waals surface area contributed by atoms with Gasteiger partial charge in [0.1, 0.15) is 5.25 Å². The molecule has 4 aromatic carbocycles. The van der Waals surface area contributed by atoms with Crippen LogP contribution in [0.5, 0.6) is 0 Å². The molecule has 194 valence electrons. The van der Waals surface area contributed by atoms with E-state index in [1.165, 1.54) is 28.7 Å². The average Bonchev–Trinajstić information content (AvgIpc) is 3.41. The highest BCUT2D eigenvalue weighted by Crippen LogP contribution is 2.37. The lowest BCUT2D eigenvalue weighted by molar-refractivity contribution is -0.115. The van der Waals surface area contributed by atoms with Crippen LogP contribution < -0.4 is 10.6 Å². The minimum atomic E-state index is -0.481. The number of carbonyl (C=O) groups is 2. The van der Waals surface area contributed by atoms with E-state index in [1.807, 2.05) is 116 Å². The molecule has 1 aromatic heterocycles. The first kappa shape index (κ1) is 26.4. The molecule has 0 aliphatic heterocycles. The molecular formula is C32H27N3O2S2. The van der Waals surface area contributed by atoms with E-state index in [0.29, 0.717) is 16.4 Å². The largest absolute Gasteiger partial charge is 0.322 e. The number of nitrogens with zero attached hydrogens (tertiary/aromatic N) is 1. The smallest absolute Gasteiger partial charge is 0.255 e. The van der Waals surface area contributed by atoms with E-state index in [-0.39, 0.29) is 11.8 Å². The molecule has 0 spiro atoms. The average molecular weight is 550 g/mol. The third-order valence-corrected chi connectivity index (χ3v) is 8.09. The molecule has 0 saturated carbocycles. The van der Waals surface area contributed by atoms with Crippen molar-refractivity contribution in [2.24, 2.45) is 0 Å². The summed E-state index contributed by atoms with van der Waals surface area (Å²) in [5, 5.41) is 7.98. The van der Waals surface area contributed by atoms with Gasteiger partial charge in [-0.1, -0.05) is 77.9 Å². The van der Waals surface area contributed by atoms with Crippen LogP contribution in [0.1, 0.15) is 32.3 Å². The molecule has 5 nitrogen and oxygen atoms in total. The lowest BCUT2D eigenvalue weighted by Gasteiger charge is -2.16. The zero-order valence-corrected chi connectivity index (χ0v) is 23.2. The first-order chi connectivity index (χ1) is 18.9. The standard InChI is InChI=1S/C32H27N3O2S2/c1-21-11-13-23(14-12-21)28-20-38-32(34-28)35-31(37)29(24-8-4-3-5-9-24)39-27-17-15-26(16-18-27)33-30(36)25-10-6-7-22(2)19-25/h3-20,29H,1-2H3,(H,33,36)(H,34,35,37). The van der Waals surface area contributed by atoms with Gasteiger partial charge < -0.3 is 10.6 Å². The zero-order valence-electron chi connectivity index (χ0n) is 21.5. The molecule has 0 aliphatic rings. The molecule has 39 heavy (non-hydrogen) atoms. The minimum absolute atomic E-state index is 0.146. The number of thioether (sulfide) groups is 1. The Morgan fingerprint density at radius 2 is 1.54 bits per heavy atom. The summed E-state index contributed by atoms with van der Waals surface area (Å²) in [5.41, 5.74) is 6.27. The number of aromatic nitrogens is 1. The van der Waals surface area contributed by atoms with Crippen LogP contribution in [0.2, 0.25) is 0 Å². The lowest BCUT2D eigenvalue weighted by Crippen LogP contribution is -2.19. The van der Waals surface area contributed by atoms with Crippen molar-refractivity contribution in [1.82, 2.24) is 4.98 Å². The van der Waals surface area contributed by atoms with Crippen LogP contribution in [0.15, 0.2) is 113 Å². The summed E-state index contributed by atoms with van der Waals surface area (Å²) in [6, 6.07) is 32.9. The van der Waals surface area contributed by atoms with Crippen molar-refractivity contribution in [1.29, 1.82) is 0 Å². The van der Waals surface area contributed by atoms with Crippen LogP contribution in [-0.2, 0) is 4.79 Å². The predicted molar refractivity (Wildman–Crippen MR) is 162 cm³/mol. The van der Waals surface area contributed by atoms with E-state index in [1.54, 1.807) is 6.07 Å². The van der Waals surface area contributed by atoms with Gasteiger partial charge in [-0.05, 0) is 55.8 Å². The van der Waals surface area contributed by atoms with Crippen molar-refractivity contribution in [3.63, 3.8) is 0 Å². The number of nitrogens with one attached hydrogen (secondary N) is 2. The van der Waals surface area contributed by atoms with Crippen LogP contribution >= 0.6 is 23.1 Å². The molecule has 0 fully saturated rings. The lowest BCUT2D eigenvalue weighted by atomic mass is 10.1. The highest BCUT2D eigenvalue weighted by molar-refractivity contribution is 8.00. The fraction of sp³-hybridized carbons (Fsp3) is 0.0938. The molecule has 5 rings (SSSR count). The van der Waals surface area contributed by atoms with Crippen molar-refractivity contribution in [3.8, 4) is 11.3 Å². The predicted octanol–water partition coefficient (Wildman–Crippen LogP) is 8.15. The number of benzene rings is 4. The Balaban J connectivity index is 1.29. The molecule has 1 atom stereocenters. The second kappa shape index (κ2) is 12.1. The fourth-order valence-corrected chi connectivity index (χ4v) is 5.75. The molecular weight excluding hydrogens is 523 g/mol. The van der Waals surface area contributed by atoms with Gasteiger partial charge in [0.25, 0.3) is 5.91 Å². The highest BCUT2D eigenvalue weighted by atomic mass is 32.2. The number of amides is 2. The molecule has 0 bridgehead atoms. The van der Waals surface area contributed by atoms with Crippen molar-refractivity contribution >= 4 is 45.7 Å². The van der Waals surface area contributed by atoms with Crippen LogP contribution in [0.25, 0.3) is 11.3 Å². The third kappa shape index (κ3) is 6.82. The molecule has 0 aliphatic carbocycles. The maximum atomic E-state index is 13.5. The van der Waals surface area contributed by atoms with Gasteiger partial charge in [-0.2, -0.15) is 0 Å². The molecule has 1 unspecified atom stereocenters. The minimum Gasteiger partial charge on any atom is -0.322 e. The van der Waals surface area contributed by atoms with Gasteiger partial charge in [0.05, 0.1) is 5.69 Å². The zero-order chi connectivity index (χ0) is 27.2. The van der Waals surface area contributed by atoms with Crippen LogP contribution in [0.4, 0.5) is 10.8 Å². The van der Waals surface area contributed by atoms with Crippen LogP contribution in [0, 0.1) is 13.8 Å². The van der Waals surface area contributed by atoms with Gasteiger partial charge in [0.2, 0.25) is 5.91 Å². The second-order valence-electron chi connectivity index (χ2n) is 9.15. The Morgan fingerprint density at radius 3 is 2.26 bits per heavy atom. The van der Waals surface area contributed by atoms with Crippen molar-refractivity contribution in [3.05, 3.63) is 131 Å². The topological polar surface area (TPSA) is 71.1 Å². The van der Waals surface area contributed by atoms with E-state index in [9.17, 15) is 9.59 Å². The molecule has 7 heteroatoms. The number of thiazole rings is 1. The summed E-state index contributed by atoms with van der Waals surface area (Å²) in [6.07, 6.45) is 0. The Hall–Kier alpha value is -4.20. The van der Waals surface area contributed by atoms with Gasteiger partial charge in [-0.15, -0.1) is 23.1 Å². The first-order valence-corrected chi connectivity index (χ1v) is 14.2. The third-order valence-electron chi connectivity index (χ3n) is 6.07. The Kier molecular flexibility index (Phi) is 8.20. The SMILES string of the molecule is Cc1ccc(-c2csc(NC(=O)C(Sc3ccc(NC(=O)c4cccc(C)c4)cc3)c3ccccc3)n2)cc1. The normalized spacial score (nSPS) is 11.5. The molecule has 1 heterocycles. The van der Waals surface area contributed by atoms with Gasteiger partial charge in [0.15, 0.2) is 5.13 Å². The van der Waals surface area contributed by atoms with Gasteiger partial charge in [-0.25, -0.2) is 4.98 Å². The van der Waals surface area contributed by atoms with E-state index < -0.39 is 5.25 Å². The summed E-state index contributed by atoms with van der Waals surface area (Å²) in [6.45, 7) is 4.01. The number of anilines is 2. The number of rotatable bonds is 8. The highest BCUT2D eigenvalue weighted by Gasteiger charge is 2.23. The molecule has 2 N–H and O–H groups in total. The Labute approximate surface area is 236 Å². The summed E-state index contributed by atoms with van der Waals surface area (Å²) < 4.78 is 0. The molecule has 0 saturated heterocycles. The number of carbonyl (C=O) groups excluding carboxylic acids is 2. The van der Waals surface area contributed by atoms with Gasteiger partial charge in [-0.3, -0.25) is 9.59 Å². The Morgan fingerprint density at radius 1 is 0.795 bits per heavy atom. The van der Waals surface area contributed by atoms with E-state index in [2.05, 4.69) is 15.6 Å². The quantitative estimate of drug-likeness (QED) is 0.192. The second-order valence-corrected chi connectivity index (χ2v) is 11.2. The number of hydrogen-bond donors (Lipinski definition) is 2. The summed E-state index contributed by atoms with van der Waals surface area (Å²) in [5.74, 6) is -0.304. The van der Waals surface area contributed by atoms with E-state index in [4.69, 9.17) is 0 Å². The summed E-state index contributed by atoms with van der Waals surface area (Å²) >= 11 is 2.86. The maximum Gasteiger partial charge on any atom is 0.255 e. The van der Waals surface area contributed by atoms with Crippen molar-refractivity contribution < 1.29 is 9.59 Å². The first-order valence-electron chi connectivity index (χ1n) is 12.5. The summed E-state index contributed by atoms with van der Waals surface area (Å²) in [7, 11) is 0. The van der Waals surface area contributed by atoms with Crippen LogP contribution in [0.3, 0.4) is 0 Å². The van der Waals surface area contributed by atoms with Crippen LogP contribution in [-0.4, -0.2) is 16.8 Å². The molecule has 0 radical (unpaired) electrons. The monoisotopic (exact) mass is 549 g/mol. The summed E-state index contributed by atoms with van der Waals surface area (Å²) in [4.78, 5) is 31.6. The van der Waals surface area contributed by atoms with Gasteiger partial charge in [0, 0.05) is 27.1 Å². The maximum absolute atomic E-state index is 13.5. The number of hydrogen-bond acceptors (Lipinski definition) is 5. The van der Waals surface area contributed by atoms with E-state index >= 15 is 0 Å². The van der Waals surface area contributed by atoms with Gasteiger partial charge >= 0.3 is 0 Å². The Bertz CT molecular complexity index is 1580.